The smallest absolute Gasteiger partial charge is 0.150 e. The van der Waals surface area contributed by atoms with Gasteiger partial charge >= 0.3 is 0 Å². The Bertz CT molecular complexity index is 487. The third-order valence-electron chi connectivity index (χ3n) is 6.67. The number of Topliss-reactive ketones (excluding diaryl/α,β-unsaturated/α-hetero) is 1. The Balaban J connectivity index is 1.84. The molecular formula is C17H30N2O6. The molecule has 0 amide bonds. The van der Waals surface area contributed by atoms with Crippen molar-refractivity contribution in [2.75, 3.05) is 32.8 Å². The molecule has 0 saturated carbocycles. The van der Waals surface area contributed by atoms with Crippen LogP contribution in [0.3, 0.4) is 0 Å². The van der Waals surface area contributed by atoms with Gasteiger partial charge < -0.3 is 25.5 Å². The number of aliphatic hydroxyl groups is 5. The van der Waals surface area contributed by atoms with E-state index in [1.165, 1.54) is 0 Å². The van der Waals surface area contributed by atoms with E-state index in [2.05, 4.69) is 0 Å². The fourth-order valence-electron chi connectivity index (χ4n) is 5.14. The number of hydrogen-bond donors (Lipinski definition) is 5. The quantitative estimate of drug-likeness (QED) is 0.346. The standard InChI is InChI=1S/C17H30N2O6/c1-3-16-6-18-8-17(4-2,15(16)25)9-19(7-16)14(18)13(24)12(23)11(22)10(21)5-20/h10-14,20-24H,3-9H2,1-2H3/t10-,11+,12+,13+,14?,16?,17?/m1/s1. The summed E-state index contributed by atoms with van der Waals surface area (Å²) in [6.07, 6.45) is -5.10. The van der Waals surface area contributed by atoms with E-state index >= 15 is 0 Å². The van der Waals surface area contributed by atoms with E-state index in [1.54, 1.807) is 0 Å². The zero-order valence-electron chi connectivity index (χ0n) is 14.9. The van der Waals surface area contributed by atoms with E-state index in [0.717, 1.165) is 12.8 Å². The van der Waals surface area contributed by atoms with Gasteiger partial charge in [0.2, 0.25) is 0 Å². The number of nitrogens with zero attached hydrogens (tertiary/aromatic N) is 2. The first-order chi connectivity index (χ1) is 11.7. The molecule has 5 N–H and O–H groups in total. The van der Waals surface area contributed by atoms with Crippen molar-refractivity contribution in [2.45, 2.75) is 57.3 Å². The molecule has 4 bridgehead atoms. The lowest BCUT2D eigenvalue weighted by molar-refractivity contribution is -0.234. The van der Waals surface area contributed by atoms with Crippen molar-refractivity contribution in [1.29, 1.82) is 0 Å². The van der Waals surface area contributed by atoms with Crippen LogP contribution in [0.2, 0.25) is 0 Å². The molecule has 144 valence electrons. The lowest BCUT2D eigenvalue weighted by Gasteiger charge is -2.67. The van der Waals surface area contributed by atoms with Crippen molar-refractivity contribution in [1.82, 2.24) is 9.80 Å². The van der Waals surface area contributed by atoms with Crippen molar-refractivity contribution in [3.05, 3.63) is 0 Å². The van der Waals surface area contributed by atoms with Gasteiger partial charge in [-0.2, -0.15) is 0 Å². The molecule has 4 heterocycles. The average Bonchev–Trinajstić information content (AvgIpc) is 2.62. The van der Waals surface area contributed by atoms with E-state index in [1.807, 2.05) is 23.6 Å². The van der Waals surface area contributed by atoms with Crippen LogP contribution >= 0.6 is 0 Å². The Kier molecular flexibility index (Phi) is 5.00. The third-order valence-corrected chi connectivity index (χ3v) is 6.67. The molecule has 4 atom stereocenters. The average molecular weight is 358 g/mol. The topological polar surface area (TPSA) is 125 Å². The van der Waals surface area contributed by atoms with Gasteiger partial charge in [0, 0.05) is 26.2 Å². The Morgan fingerprint density at radius 2 is 1.40 bits per heavy atom. The number of hydrogen-bond acceptors (Lipinski definition) is 8. The molecule has 0 aromatic heterocycles. The van der Waals surface area contributed by atoms with Gasteiger partial charge in [-0.05, 0) is 12.8 Å². The van der Waals surface area contributed by atoms with Crippen LogP contribution in [0.4, 0.5) is 0 Å². The van der Waals surface area contributed by atoms with Crippen LogP contribution in [-0.2, 0) is 4.79 Å². The Morgan fingerprint density at radius 3 is 1.76 bits per heavy atom. The minimum absolute atomic E-state index is 0.321. The van der Waals surface area contributed by atoms with Gasteiger partial charge in [-0.15, -0.1) is 0 Å². The number of rotatable bonds is 7. The number of aliphatic hydroxyl groups excluding tert-OH is 5. The number of ketones is 1. The fraction of sp³-hybridized carbons (Fsp3) is 0.941. The van der Waals surface area contributed by atoms with Crippen LogP contribution in [0.1, 0.15) is 26.7 Å². The highest BCUT2D eigenvalue weighted by Crippen LogP contribution is 2.51. The highest BCUT2D eigenvalue weighted by molar-refractivity contribution is 5.93. The predicted octanol–water partition coefficient (Wildman–Crippen LogP) is -2.24. The molecule has 0 aromatic carbocycles. The highest BCUT2D eigenvalue weighted by Gasteiger charge is 2.65. The molecule has 4 fully saturated rings. The van der Waals surface area contributed by atoms with Gasteiger partial charge in [0.1, 0.15) is 30.2 Å². The van der Waals surface area contributed by atoms with Crippen LogP contribution < -0.4 is 0 Å². The minimum Gasteiger partial charge on any atom is -0.394 e. The summed E-state index contributed by atoms with van der Waals surface area (Å²) in [5, 5.41) is 49.4. The van der Waals surface area contributed by atoms with Crippen molar-refractivity contribution in [3.8, 4) is 0 Å². The van der Waals surface area contributed by atoms with Crippen LogP contribution in [0.15, 0.2) is 0 Å². The summed E-state index contributed by atoms with van der Waals surface area (Å²) in [7, 11) is 0. The minimum atomic E-state index is -1.64. The van der Waals surface area contributed by atoms with Crippen molar-refractivity contribution in [2.24, 2.45) is 10.8 Å². The monoisotopic (exact) mass is 358 g/mol. The first-order valence-electron chi connectivity index (χ1n) is 9.11. The van der Waals surface area contributed by atoms with Crippen LogP contribution in [0.5, 0.6) is 0 Å². The van der Waals surface area contributed by atoms with E-state index < -0.39 is 48.0 Å². The molecule has 0 aromatic rings. The van der Waals surface area contributed by atoms with Crippen molar-refractivity contribution < 1.29 is 30.3 Å². The summed E-state index contributed by atoms with van der Waals surface area (Å²) in [5.74, 6) is 0.321. The molecular weight excluding hydrogens is 328 g/mol. The summed E-state index contributed by atoms with van der Waals surface area (Å²) >= 11 is 0. The largest absolute Gasteiger partial charge is 0.394 e. The van der Waals surface area contributed by atoms with Crippen molar-refractivity contribution in [3.63, 3.8) is 0 Å². The number of carbonyl (C=O) groups is 1. The van der Waals surface area contributed by atoms with Crippen LogP contribution in [-0.4, -0.2) is 104 Å². The summed E-state index contributed by atoms with van der Waals surface area (Å²) in [6, 6.07) is 0. The molecule has 25 heavy (non-hydrogen) atoms. The van der Waals surface area contributed by atoms with Gasteiger partial charge in [-0.1, -0.05) is 13.8 Å². The first kappa shape index (κ1) is 19.2. The van der Waals surface area contributed by atoms with Crippen molar-refractivity contribution >= 4 is 5.78 Å². The molecule has 0 aliphatic carbocycles. The van der Waals surface area contributed by atoms with E-state index in [-0.39, 0.29) is 0 Å². The van der Waals surface area contributed by atoms with Gasteiger partial charge in [-0.25, -0.2) is 0 Å². The fourth-order valence-corrected chi connectivity index (χ4v) is 5.14. The summed E-state index contributed by atoms with van der Waals surface area (Å²) in [4.78, 5) is 17.1. The zero-order chi connectivity index (χ0) is 18.6. The maximum atomic E-state index is 13.1. The summed E-state index contributed by atoms with van der Waals surface area (Å²) in [6.45, 7) is 5.47. The van der Waals surface area contributed by atoms with E-state index in [9.17, 15) is 25.2 Å². The number of piperidine rings is 2. The molecule has 4 aliphatic heterocycles. The highest BCUT2D eigenvalue weighted by atomic mass is 16.4. The molecule has 8 heteroatoms. The third kappa shape index (κ3) is 2.66. The second-order valence-corrected chi connectivity index (χ2v) is 8.04. The Hall–Kier alpha value is -0.610. The molecule has 0 spiro atoms. The lowest BCUT2D eigenvalue weighted by atomic mass is 9.58. The molecule has 4 aliphatic rings. The maximum Gasteiger partial charge on any atom is 0.150 e. The lowest BCUT2D eigenvalue weighted by Crippen LogP contribution is -2.81. The summed E-state index contributed by atoms with van der Waals surface area (Å²) < 4.78 is 0. The number of carbonyl (C=O) groups excluding carboxylic acids is 1. The summed E-state index contributed by atoms with van der Waals surface area (Å²) in [5.41, 5.74) is -0.867. The molecule has 4 saturated heterocycles. The second kappa shape index (κ2) is 6.53. The normalized spacial score (nSPS) is 44.6. The van der Waals surface area contributed by atoms with Crippen LogP contribution in [0.25, 0.3) is 0 Å². The maximum absolute atomic E-state index is 13.1. The Morgan fingerprint density at radius 1 is 0.960 bits per heavy atom. The first-order valence-corrected chi connectivity index (χ1v) is 9.11. The van der Waals surface area contributed by atoms with E-state index in [4.69, 9.17) is 5.11 Å². The molecule has 0 unspecified atom stereocenters. The molecule has 8 nitrogen and oxygen atoms in total. The van der Waals surface area contributed by atoms with E-state index in [0.29, 0.717) is 32.0 Å². The van der Waals surface area contributed by atoms with Gasteiger partial charge in [0.15, 0.2) is 0 Å². The Labute approximate surface area is 147 Å². The SMILES string of the molecule is CCC12CN3CC(CC)(CN(C1)C3[C@@H](O)[C@@H](O)[C@@H](O)[C@H](O)CO)C2=O. The van der Waals surface area contributed by atoms with Gasteiger partial charge in [-0.3, -0.25) is 14.6 Å². The van der Waals surface area contributed by atoms with Crippen LogP contribution in [0, 0.1) is 10.8 Å². The zero-order valence-corrected chi connectivity index (χ0v) is 14.9. The molecule has 0 radical (unpaired) electrons. The second-order valence-electron chi connectivity index (χ2n) is 8.04. The predicted molar refractivity (Wildman–Crippen MR) is 88.5 cm³/mol. The molecule has 4 rings (SSSR count). The van der Waals surface area contributed by atoms with Gasteiger partial charge in [0.05, 0.1) is 23.6 Å². The van der Waals surface area contributed by atoms with Gasteiger partial charge in [0.25, 0.3) is 0 Å².